The molecule has 1 aliphatic heterocycles. The summed E-state index contributed by atoms with van der Waals surface area (Å²) in [6, 6.07) is 5.80. The Morgan fingerprint density at radius 3 is 2.86 bits per heavy atom. The Kier molecular flexibility index (Phi) is 2.11. The Morgan fingerprint density at radius 1 is 1.36 bits per heavy atom. The van der Waals surface area contributed by atoms with Crippen LogP contribution in [0.4, 0.5) is 0 Å². The van der Waals surface area contributed by atoms with Crippen molar-refractivity contribution in [2.45, 2.75) is 26.2 Å². The van der Waals surface area contributed by atoms with E-state index >= 15 is 0 Å². The van der Waals surface area contributed by atoms with Crippen LogP contribution in [0.15, 0.2) is 18.2 Å². The van der Waals surface area contributed by atoms with E-state index in [1.165, 1.54) is 0 Å². The molecule has 0 spiro atoms. The molecule has 0 amide bonds. The van der Waals surface area contributed by atoms with Gasteiger partial charge in [-0.05, 0) is 6.07 Å². The molecule has 2 rings (SSSR count). The zero-order valence-electron chi connectivity index (χ0n) is 8.66. The third-order valence-electron chi connectivity index (χ3n) is 2.20. The molecule has 0 aliphatic carbocycles. The minimum absolute atomic E-state index is 0.568. The fourth-order valence-corrected chi connectivity index (χ4v) is 1.48. The van der Waals surface area contributed by atoms with Gasteiger partial charge in [0.15, 0.2) is 11.5 Å². The van der Waals surface area contributed by atoms with Gasteiger partial charge < -0.3 is 14.2 Å². The van der Waals surface area contributed by atoms with Gasteiger partial charge in [0.2, 0.25) is 5.79 Å². The Hall–Kier alpha value is -1.22. The van der Waals surface area contributed by atoms with Crippen LogP contribution < -0.4 is 9.47 Å². The number of hydrogen-bond donors (Lipinski definition) is 0. The van der Waals surface area contributed by atoms with E-state index in [0.717, 1.165) is 17.1 Å². The fraction of sp³-hybridized carbons (Fsp3) is 0.455. The summed E-state index contributed by atoms with van der Waals surface area (Å²) in [4.78, 5) is 0. The van der Waals surface area contributed by atoms with Crippen molar-refractivity contribution >= 4 is 0 Å². The summed E-state index contributed by atoms with van der Waals surface area (Å²) in [5.74, 6) is 0.992. The second kappa shape index (κ2) is 3.17. The van der Waals surface area contributed by atoms with Crippen molar-refractivity contribution < 1.29 is 14.2 Å². The monoisotopic (exact) mass is 194 g/mol. The summed E-state index contributed by atoms with van der Waals surface area (Å²) in [6.45, 7) is 4.35. The molecular weight excluding hydrogens is 180 g/mol. The van der Waals surface area contributed by atoms with Crippen LogP contribution in [0.3, 0.4) is 0 Å². The maximum absolute atomic E-state index is 5.69. The first kappa shape index (κ1) is 9.34. The summed E-state index contributed by atoms with van der Waals surface area (Å²) in [7, 11) is 1.64. The standard InChI is InChI=1S/C11H14O3/c1-11(2)13-7-8-5-4-6-9(12-3)10(8)14-11/h4-6H,7H2,1-3H3. The second-order valence-electron chi connectivity index (χ2n) is 3.74. The van der Waals surface area contributed by atoms with Crippen LogP contribution in [0.25, 0.3) is 0 Å². The van der Waals surface area contributed by atoms with Crippen molar-refractivity contribution in [1.82, 2.24) is 0 Å². The number of hydrogen-bond acceptors (Lipinski definition) is 3. The van der Waals surface area contributed by atoms with Crippen molar-refractivity contribution in [1.29, 1.82) is 0 Å². The summed E-state index contributed by atoms with van der Waals surface area (Å²) in [6.07, 6.45) is 0. The predicted molar refractivity (Wildman–Crippen MR) is 52.5 cm³/mol. The number of methoxy groups -OCH3 is 1. The summed E-state index contributed by atoms with van der Waals surface area (Å²) >= 11 is 0. The van der Waals surface area contributed by atoms with Gasteiger partial charge in [0, 0.05) is 19.4 Å². The molecule has 0 unspecified atom stereocenters. The van der Waals surface area contributed by atoms with Gasteiger partial charge >= 0.3 is 0 Å². The Labute approximate surface area is 83.6 Å². The average molecular weight is 194 g/mol. The lowest BCUT2D eigenvalue weighted by molar-refractivity contribution is -0.180. The molecule has 0 fully saturated rings. The molecule has 0 atom stereocenters. The van der Waals surface area contributed by atoms with Crippen molar-refractivity contribution in [2.24, 2.45) is 0 Å². The molecule has 1 heterocycles. The molecule has 3 nitrogen and oxygen atoms in total. The van der Waals surface area contributed by atoms with Gasteiger partial charge in [-0.15, -0.1) is 0 Å². The molecule has 3 heteroatoms. The SMILES string of the molecule is COc1cccc2c1OC(C)(C)OC2. The normalized spacial score (nSPS) is 18.2. The molecule has 1 aliphatic rings. The number of rotatable bonds is 1. The van der Waals surface area contributed by atoms with Crippen LogP contribution in [-0.4, -0.2) is 12.9 Å². The fourth-order valence-electron chi connectivity index (χ4n) is 1.48. The van der Waals surface area contributed by atoms with Gasteiger partial charge in [-0.3, -0.25) is 0 Å². The molecule has 76 valence electrons. The van der Waals surface area contributed by atoms with Crippen molar-refractivity contribution in [3.05, 3.63) is 23.8 Å². The molecular formula is C11H14O3. The molecule has 0 radical (unpaired) electrons. The van der Waals surface area contributed by atoms with E-state index in [1.807, 2.05) is 32.0 Å². The molecule has 0 saturated heterocycles. The van der Waals surface area contributed by atoms with Gasteiger partial charge in [-0.2, -0.15) is 0 Å². The van der Waals surface area contributed by atoms with Crippen molar-refractivity contribution in [3.8, 4) is 11.5 Å². The van der Waals surface area contributed by atoms with E-state index in [1.54, 1.807) is 7.11 Å². The summed E-state index contributed by atoms with van der Waals surface area (Å²) < 4.78 is 16.4. The van der Waals surface area contributed by atoms with Crippen molar-refractivity contribution in [3.63, 3.8) is 0 Å². The highest BCUT2D eigenvalue weighted by molar-refractivity contribution is 5.47. The van der Waals surface area contributed by atoms with E-state index in [-0.39, 0.29) is 0 Å². The van der Waals surface area contributed by atoms with Crippen LogP contribution in [0.2, 0.25) is 0 Å². The van der Waals surface area contributed by atoms with Crippen LogP contribution in [-0.2, 0) is 11.3 Å². The first-order valence-electron chi connectivity index (χ1n) is 4.61. The third-order valence-corrected chi connectivity index (χ3v) is 2.20. The average Bonchev–Trinajstić information content (AvgIpc) is 2.15. The highest BCUT2D eigenvalue weighted by Crippen LogP contribution is 2.38. The smallest absolute Gasteiger partial charge is 0.205 e. The number of para-hydroxylation sites is 1. The van der Waals surface area contributed by atoms with Gasteiger partial charge in [-0.25, -0.2) is 0 Å². The van der Waals surface area contributed by atoms with Crippen molar-refractivity contribution in [2.75, 3.05) is 7.11 Å². The van der Waals surface area contributed by atoms with Crippen LogP contribution in [0.5, 0.6) is 11.5 Å². The van der Waals surface area contributed by atoms with E-state index in [9.17, 15) is 0 Å². The summed E-state index contributed by atoms with van der Waals surface area (Å²) in [5.41, 5.74) is 1.03. The van der Waals surface area contributed by atoms with Crippen LogP contribution in [0.1, 0.15) is 19.4 Å². The lowest BCUT2D eigenvalue weighted by Gasteiger charge is -2.33. The van der Waals surface area contributed by atoms with E-state index < -0.39 is 5.79 Å². The zero-order valence-corrected chi connectivity index (χ0v) is 8.66. The van der Waals surface area contributed by atoms with Gasteiger partial charge in [0.25, 0.3) is 0 Å². The minimum Gasteiger partial charge on any atom is -0.493 e. The summed E-state index contributed by atoms with van der Waals surface area (Å²) in [5, 5.41) is 0. The van der Waals surface area contributed by atoms with Gasteiger partial charge in [0.05, 0.1) is 13.7 Å². The molecule has 0 aromatic heterocycles. The second-order valence-corrected chi connectivity index (χ2v) is 3.74. The van der Waals surface area contributed by atoms with E-state index in [2.05, 4.69) is 0 Å². The highest BCUT2D eigenvalue weighted by Gasteiger charge is 2.29. The molecule has 1 aromatic carbocycles. The molecule has 14 heavy (non-hydrogen) atoms. The van der Waals surface area contributed by atoms with Gasteiger partial charge in [0.1, 0.15) is 0 Å². The predicted octanol–water partition coefficient (Wildman–Crippen LogP) is 2.34. The Morgan fingerprint density at radius 2 is 2.14 bits per heavy atom. The van der Waals surface area contributed by atoms with Gasteiger partial charge in [-0.1, -0.05) is 12.1 Å². The third kappa shape index (κ3) is 1.55. The molecule has 0 bridgehead atoms. The first-order valence-corrected chi connectivity index (χ1v) is 4.61. The number of fused-ring (bicyclic) bond motifs is 1. The Bertz CT molecular complexity index is 330. The quantitative estimate of drug-likeness (QED) is 0.686. The lowest BCUT2D eigenvalue weighted by atomic mass is 10.1. The van der Waals surface area contributed by atoms with E-state index in [4.69, 9.17) is 14.2 Å². The number of ether oxygens (including phenoxy) is 3. The van der Waals surface area contributed by atoms with E-state index in [0.29, 0.717) is 6.61 Å². The molecule has 0 saturated carbocycles. The maximum Gasteiger partial charge on any atom is 0.205 e. The topological polar surface area (TPSA) is 27.7 Å². The molecule has 0 N–H and O–H groups in total. The zero-order chi connectivity index (χ0) is 10.2. The largest absolute Gasteiger partial charge is 0.493 e. The first-order chi connectivity index (χ1) is 6.62. The Balaban J connectivity index is 2.43. The number of benzene rings is 1. The molecule has 1 aromatic rings. The minimum atomic E-state index is -0.568. The highest BCUT2D eigenvalue weighted by atomic mass is 16.7. The van der Waals surface area contributed by atoms with Crippen LogP contribution >= 0.6 is 0 Å². The van der Waals surface area contributed by atoms with Crippen LogP contribution in [0, 0.1) is 0 Å². The maximum atomic E-state index is 5.69. The lowest BCUT2D eigenvalue weighted by Crippen LogP contribution is -2.35.